The van der Waals surface area contributed by atoms with Crippen LogP contribution in [-0.2, 0) is 14.6 Å². The van der Waals surface area contributed by atoms with Gasteiger partial charge >= 0.3 is 0 Å². The highest BCUT2D eigenvalue weighted by Gasteiger charge is 2.34. The molecule has 2 heterocycles. The van der Waals surface area contributed by atoms with E-state index in [9.17, 15) is 17.6 Å². The Balaban J connectivity index is 1.48. The van der Waals surface area contributed by atoms with E-state index in [-0.39, 0.29) is 36.7 Å². The molecule has 2 fully saturated rings. The lowest BCUT2D eigenvalue weighted by atomic mass is 10.1. The van der Waals surface area contributed by atoms with Gasteiger partial charge < -0.3 is 14.5 Å². The molecule has 1 unspecified atom stereocenters. The first-order valence-corrected chi connectivity index (χ1v) is 11.9. The van der Waals surface area contributed by atoms with Gasteiger partial charge in [-0.15, -0.1) is 0 Å². The van der Waals surface area contributed by atoms with Crippen LogP contribution >= 0.6 is 0 Å². The number of anilines is 1. The second kappa shape index (κ2) is 8.73. The van der Waals surface area contributed by atoms with Crippen LogP contribution in [0.4, 0.5) is 10.1 Å². The number of ether oxygens (including phenoxy) is 1. The molecule has 0 aromatic heterocycles. The average molecular weight is 433 g/mol. The zero-order chi connectivity index (χ0) is 21.1. The van der Waals surface area contributed by atoms with Crippen LogP contribution in [0.2, 0.25) is 0 Å². The maximum Gasteiger partial charge on any atom is 0.253 e. The van der Waals surface area contributed by atoms with Crippen molar-refractivity contribution < 1.29 is 22.3 Å². The fourth-order valence-electron chi connectivity index (χ4n) is 4.05. The summed E-state index contributed by atoms with van der Waals surface area (Å²) in [5, 5.41) is -0.930. The number of sulfone groups is 1. The summed E-state index contributed by atoms with van der Waals surface area (Å²) >= 11 is 0. The van der Waals surface area contributed by atoms with Crippen LogP contribution in [0.5, 0.6) is 0 Å². The van der Waals surface area contributed by atoms with Crippen molar-refractivity contribution in [1.29, 1.82) is 0 Å². The average Bonchev–Trinajstić information content (AvgIpc) is 2.92. The molecule has 0 spiro atoms. The second-order valence-corrected chi connectivity index (χ2v) is 9.91. The van der Waals surface area contributed by atoms with Crippen molar-refractivity contribution in [3.63, 3.8) is 0 Å². The van der Waals surface area contributed by atoms with Gasteiger partial charge in [0.25, 0.3) is 5.91 Å². The molecule has 0 bridgehead atoms. The Hall–Kier alpha value is -2.45. The maximum atomic E-state index is 14.2. The van der Waals surface area contributed by atoms with Gasteiger partial charge in [-0.05, 0) is 36.8 Å². The Labute approximate surface area is 176 Å². The van der Waals surface area contributed by atoms with Crippen molar-refractivity contribution in [3.8, 4) is 0 Å². The lowest BCUT2D eigenvalue weighted by molar-refractivity contribution is 0.0766. The summed E-state index contributed by atoms with van der Waals surface area (Å²) in [5.74, 6) is -0.902. The van der Waals surface area contributed by atoms with Gasteiger partial charge in [0.1, 0.15) is 5.82 Å². The van der Waals surface area contributed by atoms with E-state index in [4.69, 9.17) is 4.74 Å². The third-order valence-electron chi connectivity index (χ3n) is 5.77. The molecule has 1 amide bonds. The molecule has 30 heavy (non-hydrogen) atoms. The van der Waals surface area contributed by atoms with Crippen molar-refractivity contribution in [2.45, 2.75) is 11.7 Å². The molecule has 8 heteroatoms. The number of halogens is 1. The standard InChI is InChI=1S/C22H25FN2O4S/c23-20-4-2-1-3-19(20)21-9-10-25(13-16-30(21,27)28)22(26)17-5-7-18(8-6-17)24-11-14-29-15-12-24/h1-8,21H,9-16H2. The normalized spacial score (nSPS) is 21.8. The zero-order valence-corrected chi connectivity index (χ0v) is 17.5. The number of amides is 1. The number of nitrogens with zero attached hydrogens (tertiary/aromatic N) is 2. The molecular formula is C22H25FN2O4S. The van der Waals surface area contributed by atoms with Crippen LogP contribution in [0.1, 0.15) is 27.6 Å². The molecule has 2 aromatic carbocycles. The third kappa shape index (κ3) is 4.34. The highest BCUT2D eigenvalue weighted by Crippen LogP contribution is 2.31. The maximum absolute atomic E-state index is 14.2. The molecule has 160 valence electrons. The second-order valence-electron chi connectivity index (χ2n) is 7.60. The van der Waals surface area contributed by atoms with Crippen LogP contribution in [0.15, 0.2) is 48.5 Å². The van der Waals surface area contributed by atoms with Crippen molar-refractivity contribution in [2.75, 3.05) is 50.0 Å². The van der Waals surface area contributed by atoms with Crippen molar-refractivity contribution in [2.24, 2.45) is 0 Å². The molecule has 0 saturated carbocycles. The molecule has 4 rings (SSSR count). The van der Waals surface area contributed by atoms with Gasteiger partial charge in [-0.25, -0.2) is 12.8 Å². The number of carbonyl (C=O) groups is 1. The van der Waals surface area contributed by atoms with E-state index < -0.39 is 20.9 Å². The molecule has 1 atom stereocenters. The van der Waals surface area contributed by atoms with E-state index in [0.717, 1.165) is 18.8 Å². The summed E-state index contributed by atoms with van der Waals surface area (Å²) in [5.41, 5.74) is 1.74. The molecule has 6 nitrogen and oxygen atoms in total. The first-order valence-electron chi connectivity index (χ1n) is 10.1. The molecule has 2 saturated heterocycles. The first kappa shape index (κ1) is 20.8. The molecule has 2 aromatic rings. The van der Waals surface area contributed by atoms with Crippen LogP contribution in [0.3, 0.4) is 0 Å². The van der Waals surface area contributed by atoms with E-state index in [1.807, 2.05) is 12.1 Å². The van der Waals surface area contributed by atoms with E-state index in [0.29, 0.717) is 18.8 Å². The van der Waals surface area contributed by atoms with Crippen molar-refractivity contribution >= 4 is 21.4 Å². The predicted molar refractivity (Wildman–Crippen MR) is 113 cm³/mol. The number of hydrogen-bond acceptors (Lipinski definition) is 5. The minimum atomic E-state index is -3.56. The summed E-state index contributed by atoms with van der Waals surface area (Å²) in [7, 11) is -3.56. The molecule has 0 radical (unpaired) electrons. The molecular weight excluding hydrogens is 407 g/mol. The first-order chi connectivity index (χ1) is 14.5. The quantitative estimate of drug-likeness (QED) is 0.746. The Bertz CT molecular complexity index is 1000. The van der Waals surface area contributed by atoms with E-state index in [2.05, 4.69) is 4.90 Å². The number of benzene rings is 2. The SMILES string of the molecule is O=C(c1ccc(N2CCOCC2)cc1)N1CCC(c2ccccc2F)S(=O)(=O)CC1. The minimum absolute atomic E-state index is 0.108. The van der Waals surface area contributed by atoms with E-state index in [1.165, 1.54) is 12.1 Å². The highest BCUT2D eigenvalue weighted by molar-refractivity contribution is 7.91. The van der Waals surface area contributed by atoms with Gasteiger partial charge in [-0.2, -0.15) is 0 Å². The zero-order valence-electron chi connectivity index (χ0n) is 16.7. The number of rotatable bonds is 3. The smallest absolute Gasteiger partial charge is 0.253 e. The molecule has 2 aliphatic heterocycles. The summed E-state index contributed by atoms with van der Waals surface area (Å²) in [6.07, 6.45) is 0.181. The lowest BCUT2D eigenvalue weighted by Gasteiger charge is -2.29. The highest BCUT2D eigenvalue weighted by atomic mass is 32.2. The summed E-state index contributed by atoms with van der Waals surface area (Å²) in [6.45, 7) is 3.38. The topological polar surface area (TPSA) is 66.9 Å². The predicted octanol–water partition coefficient (Wildman–Crippen LogP) is 2.66. The van der Waals surface area contributed by atoms with Gasteiger partial charge in [0.15, 0.2) is 9.84 Å². The monoisotopic (exact) mass is 432 g/mol. The number of morpholine rings is 1. The summed E-state index contributed by atoms with van der Waals surface area (Å²) in [4.78, 5) is 16.7. The van der Waals surface area contributed by atoms with Gasteiger partial charge in [0.2, 0.25) is 0 Å². The summed E-state index contributed by atoms with van der Waals surface area (Å²) in [6, 6.07) is 13.3. The van der Waals surface area contributed by atoms with Crippen molar-refractivity contribution in [3.05, 3.63) is 65.5 Å². The fourth-order valence-corrected chi connectivity index (χ4v) is 5.85. The van der Waals surface area contributed by atoms with Crippen LogP contribution in [0.25, 0.3) is 0 Å². The Morgan fingerprint density at radius 2 is 1.67 bits per heavy atom. The Morgan fingerprint density at radius 1 is 0.967 bits per heavy atom. The van der Waals surface area contributed by atoms with E-state index >= 15 is 0 Å². The Kier molecular flexibility index (Phi) is 6.06. The molecule has 0 aliphatic carbocycles. The lowest BCUT2D eigenvalue weighted by Crippen LogP contribution is -2.36. The Morgan fingerprint density at radius 3 is 2.37 bits per heavy atom. The van der Waals surface area contributed by atoms with Gasteiger partial charge in [-0.1, -0.05) is 18.2 Å². The van der Waals surface area contributed by atoms with Crippen molar-refractivity contribution in [1.82, 2.24) is 4.90 Å². The number of hydrogen-bond donors (Lipinski definition) is 0. The largest absolute Gasteiger partial charge is 0.378 e. The fraction of sp³-hybridized carbons (Fsp3) is 0.409. The molecule has 2 aliphatic rings. The van der Waals surface area contributed by atoms with Crippen LogP contribution in [0, 0.1) is 5.82 Å². The third-order valence-corrected chi connectivity index (χ3v) is 7.88. The van der Waals surface area contributed by atoms with Crippen LogP contribution < -0.4 is 4.90 Å². The van der Waals surface area contributed by atoms with Gasteiger partial charge in [-0.3, -0.25) is 4.79 Å². The number of carbonyl (C=O) groups excluding carboxylic acids is 1. The van der Waals surface area contributed by atoms with E-state index in [1.54, 1.807) is 29.2 Å². The summed E-state index contributed by atoms with van der Waals surface area (Å²) < 4.78 is 45.1. The van der Waals surface area contributed by atoms with Crippen LogP contribution in [-0.4, -0.2) is 64.4 Å². The van der Waals surface area contributed by atoms with Gasteiger partial charge in [0, 0.05) is 43.0 Å². The minimum Gasteiger partial charge on any atom is -0.378 e. The van der Waals surface area contributed by atoms with Gasteiger partial charge in [0.05, 0.1) is 24.2 Å². The molecule has 0 N–H and O–H groups in total.